The van der Waals surface area contributed by atoms with Gasteiger partial charge < -0.3 is 20.1 Å². The first-order chi connectivity index (χ1) is 18.3. The molecule has 0 radical (unpaired) electrons. The normalized spacial score (nSPS) is 15.1. The molecular formula is C27H30FN7O3. The lowest BCUT2D eigenvalue weighted by molar-refractivity contribution is -0.129. The molecule has 4 aromatic rings. The van der Waals surface area contributed by atoms with E-state index in [1.165, 1.54) is 21.9 Å². The number of carbonyl (C=O) groups excluding carboxylic acids is 1. The Hall–Kier alpha value is -4.25. The summed E-state index contributed by atoms with van der Waals surface area (Å²) in [5.74, 6) is 0.584. The van der Waals surface area contributed by atoms with Gasteiger partial charge in [0.2, 0.25) is 5.91 Å². The number of likely N-dealkylation sites (N-methyl/N-ethyl adjacent to an activating group) is 1. The van der Waals surface area contributed by atoms with Gasteiger partial charge in [-0.1, -0.05) is 12.1 Å². The molecule has 0 aliphatic heterocycles. The molecule has 11 heteroatoms. The van der Waals surface area contributed by atoms with Crippen LogP contribution in [0.25, 0.3) is 16.9 Å². The number of ether oxygens (including phenoxy) is 1. The maximum atomic E-state index is 14.5. The molecule has 0 spiro atoms. The number of hydrogen-bond donors (Lipinski definition) is 2. The Morgan fingerprint density at radius 2 is 2.18 bits per heavy atom. The number of hydrogen-bond acceptors (Lipinski definition) is 7. The molecule has 5 rings (SSSR count). The molecule has 1 amide bonds. The van der Waals surface area contributed by atoms with Crippen molar-refractivity contribution in [3.63, 3.8) is 0 Å². The predicted molar refractivity (Wildman–Crippen MR) is 140 cm³/mol. The van der Waals surface area contributed by atoms with E-state index in [0.717, 1.165) is 18.4 Å². The summed E-state index contributed by atoms with van der Waals surface area (Å²) in [6, 6.07) is 7.38. The van der Waals surface area contributed by atoms with Gasteiger partial charge in [-0.05, 0) is 55.5 Å². The van der Waals surface area contributed by atoms with Crippen molar-refractivity contribution in [2.24, 2.45) is 0 Å². The third kappa shape index (κ3) is 5.37. The summed E-state index contributed by atoms with van der Waals surface area (Å²) in [4.78, 5) is 18.2. The first-order valence-corrected chi connectivity index (χ1v) is 12.4. The lowest BCUT2D eigenvalue weighted by atomic mass is 10.0. The summed E-state index contributed by atoms with van der Waals surface area (Å²) in [5, 5.41) is 23.1. The average Bonchev–Trinajstić information content (AvgIpc) is 3.54. The highest BCUT2D eigenvalue weighted by molar-refractivity contribution is 5.80. The molecule has 0 bridgehead atoms. The molecule has 0 saturated heterocycles. The quantitative estimate of drug-likeness (QED) is 0.241. The molecule has 1 aliphatic carbocycles. The van der Waals surface area contributed by atoms with Crippen molar-refractivity contribution in [1.82, 2.24) is 29.3 Å². The number of benzene rings is 1. The van der Waals surface area contributed by atoms with E-state index in [-0.39, 0.29) is 12.5 Å². The molecule has 10 nitrogen and oxygen atoms in total. The van der Waals surface area contributed by atoms with Gasteiger partial charge in [0.25, 0.3) is 6.36 Å². The fraction of sp³-hybridized carbons (Fsp3) is 0.333. The van der Waals surface area contributed by atoms with Gasteiger partial charge in [-0.15, -0.1) is 0 Å². The number of aromatic nitrogens is 5. The van der Waals surface area contributed by atoms with Crippen LogP contribution in [0.5, 0.6) is 5.75 Å². The van der Waals surface area contributed by atoms with Crippen molar-refractivity contribution in [3.05, 3.63) is 72.3 Å². The lowest BCUT2D eigenvalue weighted by Gasteiger charge is -2.16. The fourth-order valence-electron chi connectivity index (χ4n) is 4.17. The van der Waals surface area contributed by atoms with Crippen LogP contribution in [0.1, 0.15) is 43.0 Å². The van der Waals surface area contributed by atoms with Crippen molar-refractivity contribution in [2.45, 2.75) is 44.8 Å². The Balaban J connectivity index is 1.57. The predicted octanol–water partition coefficient (Wildman–Crippen LogP) is 3.91. The van der Waals surface area contributed by atoms with E-state index in [0.29, 0.717) is 39.8 Å². The first kappa shape index (κ1) is 25.4. The zero-order valence-electron chi connectivity index (χ0n) is 21.5. The zero-order valence-corrected chi connectivity index (χ0v) is 21.5. The smallest absolute Gasteiger partial charge is 0.257 e. The minimum Gasteiger partial charge on any atom is -0.456 e. The summed E-state index contributed by atoms with van der Waals surface area (Å²) in [7, 11) is 3.34. The molecule has 38 heavy (non-hydrogen) atoms. The molecule has 1 aromatic carbocycles. The largest absolute Gasteiger partial charge is 0.456 e. The van der Waals surface area contributed by atoms with Crippen LogP contribution in [0.15, 0.2) is 61.2 Å². The van der Waals surface area contributed by atoms with Gasteiger partial charge in [-0.3, -0.25) is 9.48 Å². The molecule has 198 valence electrons. The highest BCUT2D eigenvalue weighted by Gasteiger charge is 2.27. The van der Waals surface area contributed by atoms with Crippen LogP contribution in [0.4, 0.5) is 10.1 Å². The molecule has 2 N–H and O–H groups in total. The third-order valence-corrected chi connectivity index (χ3v) is 6.34. The van der Waals surface area contributed by atoms with E-state index < -0.39 is 12.6 Å². The maximum absolute atomic E-state index is 14.5. The number of amides is 1. The topological polar surface area (TPSA) is 110 Å². The maximum Gasteiger partial charge on any atom is 0.257 e. The molecular weight excluding hydrogens is 489 g/mol. The van der Waals surface area contributed by atoms with E-state index >= 15 is 0 Å². The average molecular weight is 520 g/mol. The zero-order chi connectivity index (χ0) is 26.8. The number of anilines is 1. The van der Waals surface area contributed by atoms with Crippen LogP contribution < -0.4 is 10.1 Å². The third-order valence-electron chi connectivity index (χ3n) is 6.34. The van der Waals surface area contributed by atoms with Gasteiger partial charge in [0.05, 0.1) is 17.4 Å². The van der Waals surface area contributed by atoms with Gasteiger partial charge in [-0.25, -0.2) is 9.50 Å². The summed E-state index contributed by atoms with van der Waals surface area (Å²) >= 11 is 0. The molecule has 2 atom stereocenters. The summed E-state index contributed by atoms with van der Waals surface area (Å²) in [5.41, 5.74) is 3.49. The van der Waals surface area contributed by atoms with Gasteiger partial charge in [0.15, 0.2) is 11.9 Å². The molecule has 1 saturated carbocycles. The number of carbonyl (C=O) groups is 1. The Morgan fingerprint density at radius 1 is 1.37 bits per heavy atom. The van der Waals surface area contributed by atoms with E-state index in [1.54, 1.807) is 62.3 Å². The number of aliphatic hydroxyl groups is 1. The summed E-state index contributed by atoms with van der Waals surface area (Å²) in [6.45, 7) is 1.70. The van der Waals surface area contributed by atoms with Gasteiger partial charge in [0, 0.05) is 38.2 Å². The fourth-order valence-corrected chi connectivity index (χ4v) is 4.17. The number of fused-ring (bicyclic) bond motifs is 1. The number of rotatable bonds is 10. The Bertz CT molecular complexity index is 1470. The minimum absolute atomic E-state index is 0.0150. The van der Waals surface area contributed by atoms with Crippen molar-refractivity contribution in [3.8, 4) is 17.0 Å². The molecule has 2 unspecified atom stereocenters. The van der Waals surface area contributed by atoms with Crippen LogP contribution in [0.2, 0.25) is 0 Å². The van der Waals surface area contributed by atoms with Crippen molar-refractivity contribution in [1.29, 1.82) is 0 Å². The lowest BCUT2D eigenvalue weighted by Crippen LogP contribution is -2.26. The van der Waals surface area contributed by atoms with Crippen molar-refractivity contribution >= 4 is 17.2 Å². The van der Waals surface area contributed by atoms with E-state index in [1.807, 2.05) is 12.1 Å². The number of alkyl halides is 1. The van der Waals surface area contributed by atoms with Crippen molar-refractivity contribution in [2.75, 3.05) is 19.4 Å². The van der Waals surface area contributed by atoms with Crippen LogP contribution in [-0.2, 0) is 11.3 Å². The number of allylic oxidation sites excluding steroid dienone is 1. The van der Waals surface area contributed by atoms with E-state index in [9.17, 15) is 14.3 Å². The number of nitrogens with zero attached hydrogens (tertiary/aromatic N) is 6. The SMILES string of the molecule is C/C=C/C(F)Oc1ccc(C2CC2)cc1-c1nn(CC(=O)N(C)C)cc1NC(O)c1cnn2cccnc12. The van der Waals surface area contributed by atoms with Crippen LogP contribution in [0, 0.1) is 0 Å². The van der Waals surface area contributed by atoms with Crippen LogP contribution in [0.3, 0.4) is 0 Å². The highest BCUT2D eigenvalue weighted by Crippen LogP contribution is 2.44. The molecule has 3 heterocycles. The highest BCUT2D eigenvalue weighted by atomic mass is 19.1. The number of halogens is 1. The number of nitrogens with one attached hydrogen (secondary N) is 1. The summed E-state index contributed by atoms with van der Waals surface area (Å²) < 4.78 is 23.2. The Labute approximate surface area is 219 Å². The van der Waals surface area contributed by atoms with Gasteiger partial charge >= 0.3 is 0 Å². The standard InChI is InChI=1S/C27H30FN7O3/c1-4-6-23(28)38-22-10-9-18(17-7-8-17)13-19(22)25-21(15-34(32-25)16-24(36)33(2)3)31-27(37)20-14-30-35-12-5-11-29-26(20)35/h4-6,9-15,17,23,27,31,37H,7-8,16H2,1-3H3/b6-4+. The van der Waals surface area contributed by atoms with Gasteiger partial charge in [-0.2, -0.15) is 14.6 Å². The number of aliphatic hydroxyl groups excluding tert-OH is 1. The van der Waals surface area contributed by atoms with E-state index in [4.69, 9.17) is 4.74 Å². The Morgan fingerprint density at radius 3 is 2.92 bits per heavy atom. The molecule has 1 fully saturated rings. The first-order valence-electron chi connectivity index (χ1n) is 12.4. The minimum atomic E-state index is -1.64. The second-order valence-corrected chi connectivity index (χ2v) is 9.44. The monoisotopic (exact) mass is 519 g/mol. The second-order valence-electron chi connectivity index (χ2n) is 9.44. The second kappa shape index (κ2) is 10.6. The Kier molecular flexibility index (Phi) is 7.10. The van der Waals surface area contributed by atoms with E-state index in [2.05, 4.69) is 20.5 Å². The summed E-state index contributed by atoms with van der Waals surface area (Å²) in [6.07, 6.45) is 8.77. The molecule has 3 aromatic heterocycles. The van der Waals surface area contributed by atoms with Crippen LogP contribution >= 0.6 is 0 Å². The van der Waals surface area contributed by atoms with Gasteiger partial charge in [0.1, 0.15) is 18.0 Å². The van der Waals surface area contributed by atoms with Crippen LogP contribution in [-0.4, -0.2) is 60.7 Å². The van der Waals surface area contributed by atoms with Crippen molar-refractivity contribution < 1.29 is 19.0 Å². The molecule has 1 aliphatic rings.